The Morgan fingerprint density at radius 3 is 2.84 bits per heavy atom. The number of aryl methyl sites for hydroxylation is 1. The lowest BCUT2D eigenvalue weighted by Gasteiger charge is -2.31. The summed E-state index contributed by atoms with van der Waals surface area (Å²) in [6.07, 6.45) is 1.88. The van der Waals surface area contributed by atoms with E-state index in [1.54, 1.807) is 7.11 Å². The monoisotopic (exact) mass is 281 g/mol. The Kier molecular flexibility index (Phi) is 4.63. The van der Waals surface area contributed by atoms with E-state index in [9.17, 15) is 4.21 Å². The molecule has 1 aromatic carbocycles. The highest BCUT2D eigenvalue weighted by atomic mass is 32.2. The lowest BCUT2D eigenvalue weighted by Crippen LogP contribution is -2.36. The van der Waals surface area contributed by atoms with Gasteiger partial charge in [0.25, 0.3) is 0 Å². The minimum absolute atomic E-state index is 0.0713. The Labute approximate surface area is 118 Å². The Balaban J connectivity index is 2.22. The highest BCUT2D eigenvalue weighted by molar-refractivity contribution is 7.85. The Hall–Kier alpha value is -0.870. The van der Waals surface area contributed by atoms with E-state index in [0.29, 0.717) is 5.92 Å². The maximum absolute atomic E-state index is 12.4. The summed E-state index contributed by atoms with van der Waals surface area (Å²) in [6, 6.07) is 5.91. The number of benzene rings is 1. The van der Waals surface area contributed by atoms with Crippen LogP contribution in [-0.2, 0) is 17.2 Å². The van der Waals surface area contributed by atoms with Crippen molar-refractivity contribution in [3.8, 4) is 5.75 Å². The van der Waals surface area contributed by atoms with Gasteiger partial charge in [0.05, 0.1) is 12.4 Å². The number of nitrogens with two attached hydrogens (primary N) is 1. The molecular weight excluding hydrogens is 258 g/mol. The molecule has 3 atom stereocenters. The first-order chi connectivity index (χ1) is 9.02. The van der Waals surface area contributed by atoms with Gasteiger partial charge in [-0.25, -0.2) is 0 Å². The second kappa shape index (κ2) is 6.06. The van der Waals surface area contributed by atoms with Crippen LogP contribution in [-0.4, -0.2) is 22.3 Å². The SMILES string of the molecule is COc1ccc2c(c1)C(N)C(S(=O)CC(C)C)CC2. The smallest absolute Gasteiger partial charge is 0.119 e. The van der Waals surface area contributed by atoms with E-state index in [-0.39, 0.29) is 11.3 Å². The third-order valence-electron chi connectivity index (χ3n) is 3.65. The summed E-state index contributed by atoms with van der Waals surface area (Å²) in [6.45, 7) is 4.20. The van der Waals surface area contributed by atoms with Crippen LogP contribution in [0, 0.1) is 5.92 Å². The molecule has 0 bridgehead atoms. The average Bonchev–Trinajstić information content (AvgIpc) is 2.38. The van der Waals surface area contributed by atoms with Crippen LogP contribution in [0.25, 0.3) is 0 Å². The minimum Gasteiger partial charge on any atom is -0.497 e. The van der Waals surface area contributed by atoms with E-state index in [1.807, 2.05) is 12.1 Å². The van der Waals surface area contributed by atoms with Crippen molar-refractivity contribution in [2.24, 2.45) is 11.7 Å². The number of methoxy groups -OCH3 is 1. The summed E-state index contributed by atoms with van der Waals surface area (Å²) in [4.78, 5) is 0. The van der Waals surface area contributed by atoms with E-state index in [4.69, 9.17) is 10.5 Å². The van der Waals surface area contributed by atoms with Crippen LogP contribution in [0.15, 0.2) is 18.2 Å². The molecule has 2 N–H and O–H groups in total. The Bertz CT molecular complexity index is 473. The van der Waals surface area contributed by atoms with Gasteiger partial charge in [-0.3, -0.25) is 4.21 Å². The quantitative estimate of drug-likeness (QED) is 0.922. The highest BCUT2D eigenvalue weighted by Crippen LogP contribution is 2.34. The van der Waals surface area contributed by atoms with E-state index in [2.05, 4.69) is 19.9 Å². The molecule has 0 aliphatic heterocycles. The topological polar surface area (TPSA) is 52.3 Å². The van der Waals surface area contributed by atoms with Gasteiger partial charge in [0.2, 0.25) is 0 Å². The fourth-order valence-electron chi connectivity index (χ4n) is 2.66. The average molecular weight is 281 g/mol. The molecule has 3 nitrogen and oxygen atoms in total. The summed E-state index contributed by atoms with van der Waals surface area (Å²) in [5, 5.41) is 0.0713. The van der Waals surface area contributed by atoms with Crippen molar-refractivity contribution in [3.63, 3.8) is 0 Å². The third-order valence-corrected chi connectivity index (χ3v) is 5.85. The molecule has 4 heteroatoms. The molecule has 0 fully saturated rings. The van der Waals surface area contributed by atoms with Gasteiger partial charge in [0.15, 0.2) is 0 Å². The molecule has 0 radical (unpaired) electrons. The van der Waals surface area contributed by atoms with Gasteiger partial charge >= 0.3 is 0 Å². The molecule has 0 amide bonds. The van der Waals surface area contributed by atoms with Gasteiger partial charge in [-0.1, -0.05) is 19.9 Å². The predicted octanol–water partition coefficient (Wildman–Crippen LogP) is 2.41. The van der Waals surface area contributed by atoms with E-state index < -0.39 is 10.8 Å². The van der Waals surface area contributed by atoms with Crippen molar-refractivity contribution in [2.75, 3.05) is 12.9 Å². The molecule has 0 spiro atoms. The lowest BCUT2D eigenvalue weighted by atomic mass is 9.87. The molecule has 1 aromatic rings. The molecule has 0 aromatic heterocycles. The zero-order valence-corrected chi connectivity index (χ0v) is 12.7. The van der Waals surface area contributed by atoms with Gasteiger partial charge in [-0.2, -0.15) is 0 Å². The first-order valence-corrected chi connectivity index (χ1v) is 8.20. The van der Waals surface area contributed by atoms with Crippen LogP contribution in [0.2, 0.25) is 0 Å². The van der Waals surface area contributed by atoms with E-state index in [0.717, 1.165) is 29.9 Å². The molecule has 2 rings (SSSR count). The predicted molar refractivity (Wildman–Crippen MR) is 79.9 cm³/mol. The van der Waals surface area contributed by atoms with Crippen molar-refractivity contribution in [1.29, 1.82) is 0 Å². The molecule has 106 valence electrons. The fourth-order valence-corrected chi connectivity index (χ4v) is 4.42. The third kappa shape index (κ3) is 3.18. The maximum Gasteiger partial charge on any atom is 0.119 e. The zero-order valence-electron chi connectivity index (χ0n) is 11.9. The summed E-state index contributed by atoms with van der Waals surface area (Å²) in [5.74, 6) is 2.00. The van der Waals surface area contributed by atoms with Crippen molar-refractivity contribution in [2.45, 2.75) is 38.0 Å². The molecule has 1 aliphatic rings. The Morgan fingerprint density at radius 1 is 1.47 bits per heavy atom. The van der Waals surface area contributed by atoms with Gasteiger partial charge in [-0.05, 0) is 42.0 Å². The summed E-state index contributed by atoms with van der Waals surface area (Å²) >= 11 is 0. The maximum atomic E-state index is 12.4. The van der Waals surface area contributed by atoms with E-state index >= 15 is 0 Å². The molecule has 19 heavy (non-hydrogen) atoms. The van der Waals surface area contributed by atoms with Gasteiger partial charge < -0.3 is 10.5 Å². The van der Waals surface area contributed by atoms with Gasteiger partial charge in [0.1, 0.15) is 5.75 Å². The largest absolute Gasteiger partial charge is 0.497 e. The fraction of sp³-hybridized carbons (Fsp3) is 0.600. The number of fused-ring (bicyclic) bond motifs is 1. The summed E-state index contributed by atoms with van der Waals surface area (Å²) in [7, 11) is 0.809. The molecule has 0 heterocycles. The first-order valence-electron chi connectivity index (χ1n) is 6.82. The number of rotatable bonds is 4. The van der Waals surface area contributed by atoms with Crippen LogP contribution < -0.4 is 10.5 Å². The Morgan fingerprint density at radius 2 is 2.21 bits per heavy atom. The van der Waals surface area contributed by atoms with Crippen LogP contribution in [0.1, 0.15) is 37.4 Å². The van der Waals surface area contributed by atoms with Crippen LogP contribution in [0.5, 0.6) is 5.75 Å². The molecule has 0 saturated carbocycles. The van der Waals surface area contributed by atoms with Crippen molar-refractivity contribution < 1.29 is 8.95 Å². The normalized spacial score (nSPS) is 24.1. The van der Waals surface area contributed by atoms with Gasteiger partial charge in [-0.15, -0.1) is 0 Å². The van der Waals surface area contributed by atoms with Crippen molar-refractivity contribution in [1.82, 2.24) is 0 Å². The summed E-state index contributed by atoms with van der Waals surface area (Å²) in [5.41, 5.74) is 8.72. The van der Waals surface area contributed by atoms with Crippen LogP contribution in [0.4, 0.5) is 0 Å². The highest BCUT2D eigenvalue weighted by Gasteiger charge is 2.31. The van der Waals surface area contributed by atoms with Crippen molar-refractivity contribution in [3.05, 3.63) is 29.3 Å². The number of hydrogen-bond acceptors (Lipinski definition) is 3. The molecule has 0 saturated heterocycles. The standard InChI is InChI=1S/C15H23NO2S/c1-10(2)9-19(17)14-7-5-11-4-6-12(18-3)8-13(11)15(14)16/h4,6,8,10,14-15H,5,7,9,16H2,1-3H3. The summed E-state index contributed by atoms with van der Waals surface area (Å²) < 4.78 is 17.6. The molecule has 1 aliphatic carbocycles. The zero-order chi connectivity index (χ0) is 14.0. The van der Waals surface area contributed by atoms with Crippen LogP contribution in [0.3, 0.4) is 0 Å². The first kappa shape index (κ1) is 14.5. The lowest BCUT2D eigenvalue weighted by molar-refractivity contribution is 0.412. The second-order valence-corrected chi connectivity index (χ2v) is 7.31. The number of hydrogen-bond donors (Lipinski definition) is 1. The van der Waals surface area contributed by atoms with Crippen molar-refractivity contribution >= 4 is 10.8 Å². The minimum atomic E-state index is -0.848. The van der Waals surface area contributed by atoms with E-state index in [1.165, 1.54) is 5.56 Å². The second-order valence-electron chi connectivity index (χ2n) is 5.61. The molecule has 3 unspecified atom stereocenters. The van der Waals surface area contributed by atoms with Gasteiger partial charge in [0, 0.05) is 22.6 Å². The number of ether oxygens (including phenoxy) is 1. The molecular formula is C15H23NO2S. The van der Waals surface area contributed by atoms with Crippen LogP contribution >= 0.6 is 0 Å².